The molecule has 0 saturated heterocycles. The maximum absolute atomic E-state index is 13.1. The summed E-state index contributed by atoms with van der Waals surface area (Å²) < 4.78 is 31.8. The largest absolute Gasteiger partial charge is 0.444 e. The Kier molecular flexibility index (Phi) is 20.9. The SMILES string of the molecule is CC(C)(C)OC(=O)NCCOCCNC(=O)c1cc(C(=O)NCCOCCNC(=O)OC(C)(C)C)cc(C(=O)NCCOCCNC(=O)OC(C)(C)C)c1. The summed E-state index contributed by atoms with van der Waals surface area (Å²) in [6.07, 6.45) is -1.70. The molecular formula is C36H60N6O12. The number of alkyl carbamates (subject to hydrolysis) is 3. The smallest absolute Gasteiger partial charge is 0.407 e. The fourth-order valence-corrected chi connectivity index (χ4v) is 3.96. The summed E-state index contributed by atoms with van der Waals surface area (Å²) in [6, 6.07) is 4.08. The van der Waals surface area contributed by atoms with E-state index >= 15 is 0 Å². The molecule has 0 aliphatic carbocycles. The minimum Gasteiger partial charge on any atom is -0.444 e. The van der Waals surface area contributed by atoms with E-state index < -0.39 is 52.8 Å². The van der Waals surface area contributed by atoms with E-state index in [1.165, 1.54) is 18.2 Å². The van der Waals surface area contributed by atoms with Crippen LogP contribution in [0.2, 0.25) is 0 Å². The Labute approximate surface area is 317 Å². The molecule has 0 aliphatic heterocycles. The summed E-state index contributed by atoms with van der Waals surface area (Å²) >= 11 is 0. The number of amides is 6. The molecular weight excluding hydrogens is 708 g/mol. The Morgan fingerprint density at radius 3 is 0.796 bits per heavy atom. The van der Waals surface area contributed by atoms with Gasteiger partial charge in [-0.25, -0.2) is 14.4 Å². The lowest BCUT2D eigenvalue weighted by Gasteiger charge is -2.19. The molecule has 1 aromatic carbocycles. The first kappa shape index (κ1) is 47.3. The second-order valence-electron chi connectivity index (χ2n) is 14.7. The molecule has 0 spiro atoms. The lowest BCUT2D eigenvalue weighted by molar-refractivity contribution is 0.0489. The second kappa shape index (κ2) is 23.9. The topological polar surface area (TPSA) is 230 Å². The monoisotopic (exact) mass is 768 g/mol. The average Bonchev–Trinajstić information content (AvgIpc) is 3.04. The Bertz CT molecular complexity index is 1190. The summed E-state index contributed by atoms with van der Waals surface area (Å²) in [5.41, 5.74) is -1.67. The van der Waals surface area contributed by atoms with Crippen molar-refractivity contribution >= 4 is 36.0 Å². The Morgan fingerprint density at radius 1 is 0.389 bits per heavy atom. The molecule has 18 heteroatoms. The molecule has 0 radical (unpaired) electrons. The van der Waals surface area contributed by atoms with Gasteiger partial charge in [0.05, 0.1) is 39.6 Å². The predicted molar refractivity (Wildman–Crippen MR) is 199 cm³/mol. The van der Waals surface area contributed by atoms with Gasteiger partial charge in [0, 0.05) is 56.0 Å². The van der Waals surface area contributed by atoms with Crippen molar-refractivity contribution in [3.8, 4) is 0 Å². The molecule has 0 bridgehead atoms. The highest BCUT2D eigenvalue weighted by Crippen LogP contribution is 2.12. The maximum atomic E-state index is 13.1. The lowest BCUT2D eigenvalue weighted by Crippen LogP contribution is -2.35. The molecule has 1 rings (SSSR count). The van der Waals surface area contributed by atoms with Crippen LogP contribution in [0, 0.1) is 0 Å². The van der Waals surface area contributed by atoms with Crippen LogP contribution in [-0.4, -0.2) is 132 Å². The van der Waals surface area contributed by atoms with Crippen LogP contribution >= 0.6 is 0 Å². The molecule has 1 aromatic rings. The molecule has 6 N–H and O–H groups in total. The van der Waals surface area contributed by atoms with Crippen LogP contribution in [0.5, 0.6) is 0 Å². The van der Waals surface area contributed by atoms with Gasteiger partial charge in [0.1, 0.15) is 16.8 Å². The molecule has 0 unspecified atom stereocenters. The molecule has 6 amide bonds. The van der Waals surface area contributed by atoms with Crippen molar-refractivity contribution in [2.24, 2.45) is 0 Å². The van der Waals surface area contributed by atoms with E-state index in [-0.39, 0.29) is 95.6 Å². The molecule has 0 fully saturated rings. The third-order valence-corrected chi connectivity index (χ3v) is 6.06. The zero-order valence-corrected chi connectivity index (χ0v) is 33.1. The standard InChI is InChI=1S/C36H60N6O12/c1-34(2,3)52-31(46)40-13-19-49-16-10-37-28(43)25-22-26(29(44)38-11-17-50-20-14-41-32(47)53-35(4,5)6)24-27(23-25)30(45)39-12-18-51-21-15-42-33(48)54-36(7,8)9/h22-24H,10-21H2,1-9H3,(H,37,43)(H,38,44)(H,39,45)(H,40,46)(H,41,47)(H,42,48). The van der Waals surface area contributed by atoms with E-state index in [1.54, 1.807) is 62.3 Å². The zero-order valence-electron chi connectivity index (χ0n) is 33.1. The van der Waals surface area contributed by atoms with Gasteiger partial charge in [-0.15, -0.1) is 0 Å². The Morgan fingerprint density at radius 2 is 0.593 bits per heavy atom. The molecule has 306 valence electrons. The number of nitrogens with one attached hydrogen (secondary N) is 6. The number of carbonyl (C=O) groups is 6. The predicted octanol–water partition coefficient (Wildman–Crippen LogP) is 2.50. The van der Waals surface area contributed by atoms with Crippen LogP contribution < -0.4 is 31.9 Å². The summed E-state index contributed by atoms with van der Waals surface area (Å²) in [7, 11) is 0. The van der Waals surface area contributed by atoms with Crippen LogP contribution in [-0.2, 0) is 28.4 Å². The quantitative estimate of drug-likeness (QED) is 0.0783. The molecule has 0 aromatic heterocycles. The van der Waals surface area contributed by atoms with Gasteiger partial charge >= 0.3 is 18.3 Å². The highest BCUT2D eigenvalue weighted by Gasteiger charge is 2.19. The van der Waals surface area contributed by atoms with Crippen molar-refractivity contribution in [1.82, 2.24) is 31.9 Å². The maximum Gasteiger partial charge on any atom is 0.407 e. The van der Waals surface area contributed by atoms with Gasteiger partial charge in [0.25, 0.3) is 17.7 Å². The van der Waals surface area contributed by atoms with Crippen molar-refractivity contribution in [2.75, 3.05) is 78.9 Å². The third-order valence-electron chi connectivity index (χ3n) is 6.06. The van der Waals surface area contributed by atoms with Crippen molar-refractivity contribution in [2.45, 2.75) is 79.1 Å². The molecule has 0 saturated carbocycles. The van der Waals surface area contributed by atoms with Crippen molar-refractivity contribution in [3.63, 3.8) is 0 Å². The van der Waals surface area contributed by atoms with E-state index in [0.717, 1.165) is 0 Å². The summed E-state index contributed by atoms with van der Waals surface area (Å²) in [6.45, 7) is 17.7. The average molecular weight is 769 g/mol. The van der Waals surface area contributed by atoms with Gasteiger partial charge in [-0.3, -0.25) is 14.4 Å². The summed E-state index contributed by atoms with van der Waals surface area (Å²) in [4.78, 5) is 74.4. The molecule has 0 atom stereocenters. The highest BCUT2D eigenvalue weighted by atomic mass is 16.6. The first-order valence-electron chi connectivity index (χ1n) is 17.8. The van der Waals surface area contributed by atoms with E-state index in [9.17, 15) is 28.8 Å². The Hall–Kier alpha value is -4.68. The fraction of sp³-hybridized carbons (Fsp3) is 0.667. The first-order valence-corrected chi connectivity index (χ1v) is 17.8. The molecule has 0 heterocycles. The fourth-order valence-electron chi connectivity index (χ4n) is 3.96. The van der Waals surface area contributed by atoms with Gasteiger partial charge in [0.2, 0.25) is 0 Å². The van der Waals surface area contributed by atoms with Crippen molar-refractivity contribution in [3.05, 3.63) is 34.9 Å². The van der Waals surface area contributed by atoms with Gasteiger partial charge < -0.3 is 60.3 Å². The second-order valence-corrected chi connectivity index (χ2v) is 14.7. The number of hydrogen-bond donors (Lipinski definition) is 6. The zero-order chi connectivity index (χ0) is 40.8. The first-order chi connectivity index (χ1) is 25.1. The molecule has 54 heavy (non-hydrogen) atoms. The van der Waals surface area contributed by atoms with Gasteiger partial charge in [-0.2, -0.15) is 0 Å². The van der Waals surface area contributed by atoms with Crippen molar-refractivity contribution in [1.29, 1.82) is 0 Å². The van der Waals surface area contributed by atoms with E-state index in [0.29, 0.717) is 0 Å². The normalized spacial score (nSPS) is 11.5. The van der Waals surface area contributed by atoms with Gasteiger partial charge in [-0.1, -0.05) is 0 Å². The van der Waals surface area contributed by atoms with E-state index in [1.807, 2.05) is 0 Å². The Balaban J connectivity index is 2.70. The van der Waals surface area contributed by atoms with Crippen molar-refractivity contribution < 1.29 is 57.2 Å². The van der Waals surface area contributed by atoms with Crippen LogP contribution in [0.4, 0.5) is 14.4 Å². The minimum atomic E-state index is -0.622. The highest BCUT2D eigenvalue weighted by molar-refractivity contribution is 6.04. The number of benzene rings is 1. The number of ether oxygens (including phenoxy) is 6. The van der Waals surface area contributed by atoms with Crippen LogP contribution in [0.25, 0.3) is 0 Å². The molecule has 0 aliphatic rings. The van der Waals surface area contributed by atoms with Crippen LogP contribution in [0.3, 0.4) is 0 Å². The number of rotatable bonds is 21. The van der Waals surface area contributed by atoms with Crippen LogP contribution in [0.1, 0.15) is 93.4 Å². The van der Waals surface area contributed by atoms with E-state index in [2.05, 4.69) is 31.9 Å². The summed E-state index contributed by atoms with van der Waals surface area (Å²) in [5.74, 6) is -1.64. The number of carbonyl (C=O) groups excluding carboxylic acids is 6. The lowest BCUT2D eigenvalue weighted by atomic mass is 10.0. The van der Waals surface area contributed by atoms with Gasteiger partial charge in [-0.05, 0) is 80.5 Å². The van der Waals surface area contributed by atoms with Crippen LogP contribution in [0.15, 0.2) is 18.2 Å². The van der Waals surface area contributed by atoms with Gasteiger partial charge in [0.15, 0.2) is 0 Å². The third kappa shape index (κ3) is 24.5. The van der Waals surface area contributed by atoms with E-state index in [4.69, 9.17) is 28.4 Å². The summed E-state index contributed by atoms with van der Waals surface area (Å²) in [5, 5.41) is 15.8. The number of hydrogen-bond acceptors (Lipinski definition) is 12. The molecule has 18 nitrogen and oxygen atoms in total. The minimum absolute atomic E-state index is 0.0633.